The Bertz CT molecular complexity index is 176. The van der Waals surface area contributed by atoms with Crippen molar-refractivity contribution in [2.75, 3.05) is 13.2 Å². The first-order valence-electron chi connectivity index (χ1n) is 4.79. The highest BCUT2D eigenvalue weighted by molar-refractivity contribution is 5.82. The molecule has 3 nitrogen and oxygen atoms in total. The van der Waals surface area contributed by atoms with Crippen molar-refractivity contribution in [2.24, 2.45) is 0 Å². The normalized spacial score (nSPS) is 11.2. The lowest BCUT2D eigenvalue weighted by atomic mass is 10.3. The van der Waals surface area contributed by atoms with E-state index in [1.54, 1.807) is 6.92 Å². The molecule has 0 heterocycles. The van der Waals surface area contributed by atoms with Crippen LogP contribution in [0.15, 0.2) is 11.8 Å². The fourth-order valence-corrected chi connectivity index (χ4v) is 0.874. The van der Waals surface area contributed by atoms with Gasteiger partial charge in [-0.2, -0.15) is 0 Å². The molecule has 1 N–H and O–H groups in total. The van der Waals surface area contributed by atoms with Crippen molar-refractivity contribution in [1.82, 2.24) is 5.32 Å². The summed E-state index contributed by atoms with van der Waals surface area (Å²) >= 11 is 0. The third-order valence-electron chi connectivity index (χ3n) is 1.56. The first kappa shape index (κ1) is 12.0. The fraction of sp³-hybridized carbons (Fsp3) is 0.700. The van der Waals surface area contributed by atoms with Crippen LogP contribution < -0.4 is 5.32 Å². The van der Waals surface area contributed by atoms with Crippen molar-refractivity contribution >= 4 is 5.97 Å². The molecular formula is C10H19NO2. The molecule has 0 unspecified atom stereocenters. The van der Waals surface area contributed by atoms with Gasteiger partial charge in [0, 0.05) is 18.3 Å². The average Bonchev–Trinajstić information content (AvgIpc) is 2.05. The van der Waals surface area contributed by atoms with Gasteiger partial charge in [-0.15, -0.1) is 0 Å². The lowest BCUT2D eigenvalue weighted by Crippen LogP contribution is -2.14. The predicted molar refractivity (Wildman–Crippen MR) is 53.3 cm³/mol. The van der Waals surface area contributed by atoms with Crippen molar-refractivity contribution in [2.45, 2.75) is 33.6 Å². The van der Waals surface area contributed by atoms with E-state index in [4.69, 9.17) is 4.74 Å². The van der Waals surface area contributed by atoms with Crippen LogP contribution in [0, 0.1) is 0 Å². The molecule has 0 amide bonds. The van der Waals surface area contributed by atoms with Crippen LogP contribution in [0.5, 0.6) is 0 Å². The van der Waals surface area contributed by atoms with Crippen molar-refractivity contribution in [3.8, 4) is 0 Å². The summed E-state index contributed by atoms with van der Waals surface area (Å²) in [5, 5.41) is 3.13. The Hall–Kier alpha value is -0.990. The molecule has 76 valence electrons. The molecule has 0 aliphatic rings. The lowest BCUT2D eigenvalue weighted by Gasteiger charge is -2.04. The molecule has 0 rings (SSSR count). The maximum atomic E-state index is 10.9. The topological polar surface area (TPSA) is 38.3 Å². The summed E-state index contributed by atoms with van der Waals surface area (Å²) in [4.78, 5) is 10.9. The first-order valence-corrected chi connectivity index (χ1v) is 4.79. The van der Waals surface area contributed by atoms with Gasteiger partial charge in [-0.1, -0.05) is 13.3 Å². The zero-order valence-electron chi connectivity index (χ0n) is 8.72. The standard InChI is InChI=1S/C10H19NO2/c1-4-6-7-11-9(3)8-10(12)13-5-2/h8,11H,4-7H2,1-3H3/b9-8-. The van der Waals surface area contributed by atoms with Crippen LogP contribution in [-0.2, 0) is 9.53 Å². The van der Waals surface area contributed by atoms with Crippen molar-refractivity contribution in [3.05, 3.63) is 11.8 Å². The lowest BCUT2D eigenvalue weighted by molar-refractivity contribution is -0.137. The number of carbonyl (C=O) groups is 1. The van der Waals surface area contributed by atoms with Crippen LogP contribution in [0.3, 0.4) is 0 Å². The molecule has 0 aliphatic carbocycles. The SMILES string of the molecule is CCCCN/C(C)=C\C(=O)OCC. The Balaban J connectivity index is 3.67. The van der Waals surface area contributed by atoms with Gasteiger partial charge in [0.1, 0.15) is 0 Å². The number of carbonyl (C=O) groups excluding carboxylic acids is 1. The third-order valence-corrected chi connectivity index (χ3v) is 1.56. The zero-order valence-corrected chi connectivity index (χ0v) is 8.72. The van der Waals surface area contributed by atoms with E-state index in [0.29, 0.717) is 6.61 Å². The van der Waals surface area contributed by atoms with Crippen LogP contribution in [0.25, 0.3) is 0 Å². The van der Waals surface area contributed by atoms with E-state index in [2.05, 4.69) is 12.2 Å². The molecule has 0 spiro atoms. The Morgan fingerprint density at radius 1 is 1.46 bits per heavy atom. The highest BCUT2D eigenvalue weighted by Crippen LogP contribution is 1.91. The van der Waals surface area contributed by atoms with Gasteiger partial charge in [0.05, 0.1) is 6.61 Å². The Kier molecular flexibility index (Phi) is 7.07. The molecule has 0 aromatic rings. The molecular weight excluding hydrogens is 166 g/mol. The van der Waals surface area contributed by atoms with E-state index in [9.17, 15) is 4.79 Å². The summed E-state index contributed by atoms with van der Waals surface area (Å²) in [6.07, 6.45) is 3.76. The number of hydrogen-bond donors (Lipinski definition) is 1. The van der Waals surface area contributed by atoms with E-state index in [0.717, 1.165) is 25.1 Å². The van der Waals surface area contributed by atoms with Crippen molar-refractivity contribution < 1.29 is 9.53 Å². The van der Waals surface area contributed by atoms with Gasteiger partial charge in [0.15, 0.2) is 0 Å². The molecule has 0 bridgehead atoms. The number of rotatable bonds is 6. The molecule has 3 heteroatoms. The molecule has 0 aromatic carbocycles. The second kappa shape index (κ2) is 7.65. The summed E-state index contributed by atoms with van der Waals surface area (Å²) in [5.74, 6) is -0.274. The highest BCUT2D eigenvalue weighted by atomic mass is 16.5. The van der Waals surface area contributed by atoms with Gasteiger partial charge in [-0.3, -0.25) is 0 Å². The molecule has 0 fully saturated rings. The molecule has 0 radical (unpaired) electrons. The molecule has 0 saturated carbocycles. The van der Waals surface area contributed by atoms with Crippen LogP contribution in [0.2, 0.25) is 0 Å². The van der Waals surface area contributed by atoms with Gasteiger partial charge >= 0.3 is 5.97 Å². The highest BCUT2D eigenvalue weighted by Gasteiger charge is 1.96. The zero-order chi connectivity index (χ0) is 10.1. The molecule has 0 aromatic heterocycles. The predicted octanol–water partition coefficient (Wildman–Crippen LogP) is 1.84. The first-order chi connectivity index (χ1) is 6.20. The number of ether oxygens (including phenoxy) is 1. The van der Waals surface area contributed by atoms with Gasteiger partial charge in [-0.05, 0) is 20.3 Å². The third kappa shape index (κ3) is 7.37. The van der Waals surface area contributed by atoms with E-state index in [1.807, 2.05) is 6.92 Å². The number of unbranched alkanes of at least 4 members (excludes halogenated alkanes) is 1. The summed E-state index contributed by atoms with van der Waals surface area (Å²) in [6.45, 7) is 7.14. The second-order valence-electron chi connectivity index (χ2n) is 2.86. The van der Waals surface area contributed by atoms with Gasteiger partial charge in [-0.25, -0.2) is 4.79 Å². The summed E-state index contributed by atoms with van der Waals surface area (Å²) in [5.41, 5.74) is 0.868. The minimum Gasteiger partial charge on any atom is -0.463 e. The van der Waals surface area contributed by atoms with Crippen LogP contribution in [0.1, 0.15) is 33.6 Å². The molecule has 13 heavy (non-hydrogen) atoms. The Morgan fingerprint density at radius 3 is 2.69 bits per heavy atom. The minimum atomic E-state index is -0.274. The Labute approximate surface area is 80.2 Å². The molecule has 0 aliphatic heterocycles. The van der Waals surface area contributed by atoms with E-state index >= 15 is 0 Å². The van der Waals surface area contributed by atoms with Crippen LogP contribution >= 0.6 is 0 Å². The van der Waals surface area contributed by atoms with Crippen LogP contribution in [-0.4, -0.2) is 19.1 Å². The van der Waals surface area contributed by atoms with Gasteiger partial charge in [0.2, 0.25) is 0 Å². The van der Waals surface area contributed by atoms with E-state index in [1.165, 1.54) is 6.08 Å². The van der Waals surface area contributed by atoms with E-state index < -0.39 is 0 Å². The van der Waals surface area contributed by atoms with Gasteiger partial charge in [0.25, 0.3) is 0 Å². The van der Waals surface area contributed by atoms with E-state index in [-0.39, 0.29) is 5.97 Å². The number of allylic oxidation sites excluding steroid dienone is 1. The Morgan fingerprint density at radius 2 is 2.15 bits per heavy atom. The largest absolute Gasteiger partial charge is 0.463 e. The summed E-state index contributed by atoms with van der Waals surface area (Å²) in [6, 6.07) is 0. The van der Waals surface area contributed by atoms with Crippen molar-refractivity contribution in [3.63, 3.8) is 0 Å². The second-order valence-corrected chi connectivity index (χ2v) is 2.86. The number of nitrogens with one attached hydrogen (secondary N) is 1. The molecule has 0 saturated heterocycles. The smallest absolute Gasteiger partial charge is 0.332 e. The minimum absolute atomic E-state index is 0.274. The fourth-order valence-electron chi connectivity index (χ4n) is 0.874. The summed E-state index contributed by atoms with van der Waals surface area (Å²) in [7, 11) is 0. The monoisotopic (exact) mass is 185 g/mol. The van der Waals surface area contributed by atoms with Crippen LogP contribution in [0.4, 0.5) is 0 Å². The maximum absolute atomic E-state index is 10.9. The number of hydrogen-bond acceptors (Lipinski definition) is 3. The van der Waals surface area contributed by atoms with Gasteiger partial charge < -0.3 is 10.1 Å². The molecule has 0 atom stereocenters. The maximum Gasteiger partial charge on any atom is 0.332 e. The average molecular weight is 185 g/mol. The number of esters is 1. The van der Waals surface area contributed by atoms with Crippen molar-refractivity contribution in [1.29, 1.82) is 0 Å². The summed E-state index contributed by atoms with van der Waals surface area (Å²) < 4.78 is 4.76. The quantitative estimate of drug-likeness (QED) is 0.390.